The minimum Gasteiger partial charge on any atom is -0.497 e. The van der Waals surface area contributed by atoms with Crippen LogP contribution in [0.4, 0.5) is 11.6 Å². The molecule has 29 heavy (non-hydrogen) atoms. The molecule has 4 rings (SSSR count). The Hall–Kier alpha value is -3.22. The van der Waals surface area contributed by atoms with Gasteiger partial charge in [0.05, 0.1) is 23.8 Å². The highest BCUT2D eigenvalue weighted by molar-refractivity contribution is 7.18. The molecule has 0 bridgehead atoms. The number of ether oxygens (including phenoxy) is 1. The summed E-state index contributed by atoms with van der Waals surface area (Å²) in [5.41, 5.74) is 3.65. The van der Waals surface area contributed by atoms with Gasteiger partial charge in [0.2, 0.25) is 5.95 Å². The van der Waals surface area contributed by atoms with Gasteiger partial charge in [-0.05, 0) is 60.5 Å². The Bertz CT molecular complexity index is 1120. The van der Waals surface area contributed by atoms with Crippen LogP contribution in [0.3, 0.4) is 0 Å². The normalized spacial score (nSPS) is 11.8. The molecule has 1 unspecified atom stereocenters. The number of rotatable bonds is 6. The van der Waals surface area contributed by atoms with Crippen LogP contribution < -0.4 is 10.1 Å². The van der Waals surface area contributed by atoms with Crippen molar-refractivity contribution in [3.8, 4) is 26.8 Å². The Morgan fingerprint density at radius 3 is 2.66 bits per heavy atom. The van der Waals surface area contributed by atoms with E-state index in [9.17, 15) is 5.11 Å². The van der Waals surface area contributed by atoms with Gasteiger partial charge in [0.1, 0.15) is 5.75 Å². The number of aliphatic hydroxyl groups is 1. The van der Waals surface area contributed by atoms with Crippen molar-refractivity contribution in [3.63, 3.8) is 0 Å². The number of hydrogen-bond acceptors (Lipinski definition) is 6. The van der Waals surface area contributed by atoms with E-state index in [0.717, 1.165) is 38.0 Å². The maximum atomic E-state index is 9.77. The Balaban J connectivity index is 1.58. The van der Waals surface area contributed by atoms with E-state index >= 15 is 0 Å². The quantitative estimate of drug-likeness (QED) is 0.434. The molecule has 6 heteroatoms. The third-order valence-electron chi connectivity index (χ3n) is 4.49. The number of nitrogens with one attached hydrogen (secondary N) is 1. The summed E-state index contributed by atoms with van der Waals surface area (Å²) >= 11 is 1.67. The first-order valence-corrected chi connectivity index (χ1v) is 10.1. The van der Waals surface area contributed by atoms with Crippen molar-refractivity contribution in [1.29, 1.82) is 0 Å². The van der Waals surface area contributed by atoms with E-state index in [2.05, 4.69) is 33.5 Å². The standard InChI is InChI=1S/C23H21N3O2S/c1-15(27)16-5-3-7-18(13-16)25-23-24-12-11-20(26-23)22-10-9-21(29-22)17-6-4-8-19(14-17)28-2/h3-15,27H,1-2H3,(H,24,25,26). The summed E-state index contributed by atoms with van der Waals surface area (Å²) in [5.74, 6) is 1.35. The lowest BCUT2D eigenvalue weighted by atomic mass is 10.1. The second-order valence-corrected chi connectivity index (χ2v) is 7.67. The fourth-order valence-electron chi connectivity index (χ4n) is 2.97. The molecule has 146 valence electrons. The van der Waals surface area contributed by atoms with E-state index in [1.807, 2.05) is 48.5 Å². The number of aliphatic hydroxyl groups excluding tert-OH is 1. The van der Waals surface area contributed by atoms with Crippen LogP contribution in [0.25, 0.3) is 21.0 Å². The molecule has 5 nitrogen and oxygen atoms in total. The molecule has 0 saturated carbocycles. The first-order valence-electron chi connectivity index (χ1n) is 9.25. The highest BCUT2D eigenvalue weighted by Crippen LogP contribution is 2.35. The van der Waals surface area contributed by atoms with Crippen molar-refractivity contribution in [2.24, 2.45) is 0 Å². The van der Waals surface area contributed by atoms with Crippen molar-refractivity contribution in [3.05, 3.63) is 78.5 Å². The number of benzene rings is 2. The Kier molecular flexibility index (Phi) is 5.55. The molecule has 2 heterocycles. The molecule has 0 spiro atoms. The fraction of sp³-hybridized carbons (Fsp3) is 0.130. The van der Waals surface area contributed by atoms with Crippen molar-refractivity contribution in [2.75, 3.05) is 12.4 Å². The molecule has 4 aromatic rings. The Labute approximate surface area is 173 Å². The molecule has 0 amide bonds. The van der Waals surface area contributed by atoms with Gasteiger partial charge in [0.25, 0.3) is 0 Å². The van der Waals surface area contributed by atoms with E-state index in [1.54, 1.807) is 31.6 Å². The van der Waals surface area contributed by atoms with E-state index in [-0.39, 0.29) is 0 Å². The highest BCUT2D eigenvalue weighted by Gasteiger charge is 2.09. The molecular formula is C23H21N3O2S. The number of nitrogens with zero attached hydrogens (tertiary/aromatic N) is 2. The van der Waals surface area contributed by atoms with Gasteiger partial charge < -0.3 is 15.2 Å². The van der Waals surface area contributed by atoms with Gasteiger partial charge in [-0.1, -0.05) is 24.3 Å². The lowest BCUT2D eigenvalue weighted by Crippen LogP contribution is -1.99. The number of aromatic nitrogens is 2. The van der Waals surface area contributed by atoms with Crippen LogP contribution in [0.2, 0.25) is 0 Å². The molecule has 0 aliphatic heterocycles. The number of anilines is 2. The third kappa shape index (κ3) is 4.45. The van der Waals surface area contributed by atoms with Gasteiger partial charge in [0, 0.05) is 16.8 Å². The maximum absolute atomic E-state index is 9.77. The molecule has 0 saturated heterocycles. The van der Waals surface area contributed by atoms with Crippen molar-refractivity contribution < 1.29 is 9.84 Å². The molecule has 2 aromatic carbocycles. The topological polar surface area (TPSA) is 67.3 Å². The van der Waals surface area contributed by atoms with Crippen LogP contribution in [-0.4, -0.2) is 22.2 Å². The number of thiophene rings is 1. The van der Waals surface area contributed by atoms with Gasteiger partial charge in [-0.25, -0.2) is 9.97 Å². The van der Waals surface area contributed by atoms with Crippen molar-refractivity contribution >= 4 is 23.0 Å². The Morgan fingerprint density at radius 1 is 1.00 bits per heavy atom. The fourth-order valence-corrected chi connectivity index (χ4v) is 3.94. The summed E-state index contributed by atoms with van der Waals surface area (Å²) < 4.78 is 5.32. The number of methoxy groups -OCH3 is 1. The van der Waals surface area contributed by atoms with Crippen LogP contribution in [0, 0.1) is 0 Å². The van der Waals surface area contributed by atoms with E-state index in [0.29, 0.717) is 5.95 Å². The highest BCUT2D eigenvalue weighted by atomic mass is 32.1. The molecule has 0 aliphatic carbocycles. The molecule has 0 aliphatic rings. The summed E-state index contributed by atoms with van der Waals surface area (Å²) in [4.78, 5) is 11.2. The zero-order valence-electron chi connectivity index (χ0n) is 16.2. The van der Waals surface area contributed by atoms with Crippen LogP contribution >= 0.6 is 11.3 Å². The predicted octanol–water partition coefficient (Wildman–Crippen LogP) is 5.68. The average Bonchev–Trinajstić information content (AvgIpc) is 3.25. The summed E-state index contributed by atoms with van der Waals surface area (Å²) in [7, 11) is 1.67. The van der Waals surface area contributed by atoms with Gasteiger partial charge in [-0.15, -0.1) is 11.3 Å². The summed E-state index contributed by atoms with van der Waals surface area (Å²) in [6.07, 6.45) is 1.22. The summed E-state index contributed by atoms with van der Waals surface area (Å²) in [5, 5.41) is 13.0. The van der Waals surface area contributed by atoms with Crippen LogP contribution in [-0.2, 0) is 0 Å². The summed E-state index contributed by atoms with van der Waals surface area (Å²) in [6, 6.07) is 21.7. The SMILES string of the molecule is COc1cccc(-c2ccc(-c3ccnc(Nc4cccc(C(C)O)c4)n3)s2)c1. The minimum atomic E-state index is -0.523. The van der Waals surface area contributed by atoms with E-state index in [1.165, 1.54) is 0 Å². The molecular weight excluding hydrogens is 382 g/mol. The van der Waals surface area contributed by atoms with Crippen LogP contribution in [0.1, 0.15) is 18.6 Å². The monoisotopic (exact) mass is 403 g/mol. The number of hydrogen-bond donors (Lipinski definition) is 2. The molecule has 2 N–H and O–H groups in total. The lowest BCUT2D eigenvalue weighted by molar-refractivity contribution is 0.199. The zero-order chi connectivity index (χ0) is 20.2. The van der Waals surface area contributed by atoms with E-state index < -0.39 is 6.10 Å². The maximum Gasteiger partial charge on any atom is 0.227 e. The van der Waals surface area contributed by atoms with Crippen molar-refractivity contribution in [2.45, 2.75) is 13.0 Å². The zero-order valence-corrected chi connectivity index (χ0v) is 17.0. The van der Waals surface area contributed by atoms with Crippen molar-refractivity contribution in [1.82, 2.24) is 9.97 Å². The molecule has 0 fully saturated rings. The predicted molar refractivity (Wildman–Crippen MR) is 118 cm³/mol. The first kappa shape index (κ1) is 19.1. The molecule has 0 radical (unpaired) electrons. The first-order chi connectivity index (χ1) is 14.1. The minimum absolute atomic E-state index is 0.515. The lowest BCUT2D eigenvalue weighted by Gasteiger charge is -2.09. The van der Waals surface area contributed by atoms with Gasteiger partial charge in [0.15, 0.2) is 0 Å². The van der Waals surface area contributed by atoms with Crippen LogP contribution in [0.5, 0.6) is 5.75 Å². The smallest absolute Gasteiger partial charge is 0.227 e. The van der Waals surface area contributed by atoms with Crippen LogP contribution in [0.15, 0.2) is 72.9 Å². The summed E-state index contributed by atoms with van der Waals surface area (Å²) in [6.45, 7) is 1.74. The van der Waals surface area contributed by atoms with Gasteiger partial charge in [-0.3, -0.25) is 0 Å². The third-order valence-corrected chi connectivity index (χ3v) is 5.65. The van der Waals surface area contributed by atoms with E-state index in [4.69, 9.17) is 4.74 Å². The average molecular weight is 404 g/mol. The molecule has 1 atom stereocenters. The molecule has 2 aromatic heterocycles. The van der Waals surface area contributed by atoms with Gasteiger partial charge in [-0.2, -0.15) is 0 Å². The second kappa shape index (κ2) is 8.43. The Morgan fingerprint density at radius 2 is 1.83 bits per heavy atom. The van der Waals surface area contributed by atoms with Gasteiger partial charge >= 0.3 is 0 Å². The second-order valence-electron chi connectivity index (χ2n) is 6.59. The largest absolute Gasteiger partial charge is 0.497 e.